The summed E-state index contributed by atoms with van der Waals surface area (Å²) in [7, 11) is 0. The molecule has 7 heteroatoms. The van der Waals surface area contributed by atoms with Gasteiger partial charge in [0.15, 0.2) is 0 Å². The van der Waals surface area contributed by atoms with Crippen LogP contribution in [-0.4, -0.2) is 21.0 Å². The van der Waals surface area contributed by atoms with Crippen LogP contribution in [0.1, 0.15) is 15.9 Å². The van der Waals surface area contributed by atoms with Gasteiger partial charge in [-0.2, -0.15) is 0 Å². The number of nitro groups is 1. The number of carboxylic acids is 1. The zero-order valence-corrected chi connectivity index (χ0v) is 10.4. The Labute approximate surface area is 113 Å². The molecule has 0 atom stereocenters. The van der Waals surface area contributed by atoms with E-state index in [1.54, 1.807) is 13.0 Å². The smallest absolute Gasteiger partial charge is 0.337 e. The van der Waals surface area contributed by atoms with E-state index in [0.29, 0.717) is 11.3 Å². The summed E-state index contributed by atoms with van der Waals surface area (Å²) in [5.41, 5.74) is 0.653. The summed E-state index contributed by atoms with van der Waals surface area (Å²) in [6.07, 6.45) is 1.16. The molecule has 0 fully saturated rings. The number of rotatable bonds is 4. The molecule has 0 unspecified atom stereocenters. The second-order valence-corrected chi connectivity index (χ2v) is 4.00. The molecule has 0 aliphatic heterocycles. The number of nitro benzene ring substituents is 1. The minimum atomic E-state index is -1.09. The van der Waals surface area contributed by atoms with Crippen LogP contribution in [0.5, 0.6) is 11.6 Å². The lowest BCUT2D eigenvalue weighted by atomic mass is 10.2. The number of benzene rings is 1. The normalized spacial score (nSPS) is 10.1. The molecule has 0 spiro atoms. The molecular formula is C13H10N2O5. The molecule has 0 amide bonds. The Kier molecular flexibility index (Phi) is 3.60. The van der Waals surface area contributed by atoms with Crippen LogP contribution in [0, 0.1) is 17.0 Å². The standard InChI is InChI=1S/C13H10N2O5/c1-8-2-4-10(15(18)19)6-11(8)20-12-5-3-9(7-14-12)13(16)17/h2-7H,1H3,(H,16,17). The minimum absolute atomic E-state index is 0.0353. The number of non-ortho nitro benzene ring substituents is 1. The molecule has 0 aliphatic carbocycles. The van der Waals surface area contributed by atoms with Crippen molar-refractivity contribution in [1.82, 2.24) is 4.98 Å². The maximum Gasteiger partial charge on any atom is 0.337 e. The van der Waals surface area contributed by atoms with Crippen molar-refractivity contribution in [2.24, 2.45) is 0 Å². The SMILES string of the molecule is Cc1ccc([N+](=O)[O-])cc1Oc1ccc(C(=O)O)cn1. The van der Waals surface area contributed by atoms with Gasteiger partial charge in [-0.3, -0.25) is 10.1 Å². The summed E-state index contributed by atoms with van der Waals surface area (Å²) < 4.78 is 5.43. The van der Waals surface area contributed by atoms with Crippen LogP contribution in [0.2, 0.25) is 0 Å². The van der Waals surface area contributed by atoms with Gasteiger partial charge in [-0.15, -0.1) is 0 Å². The van der Waals surface area contributed by atoms with Crippen LogP contribution in [-0.2, 0) is 0 Å². The Morgan fingerprint density at radius 3 is 2.65 bits per heavy atom. The van der Waals surface area contributed by atoms with Crippen molar-refractivity contribution in [3.8, 4) is 11.6 Å². The molecule has 0 saturated heterocycles. The Morgan fingerprint density at radius 2 is 2.10 bits per heavy atom. The van der Waals surface area contributed by atoms with Crippen LogP contribution in [0.4, 0.5) is 5.69 Å². The molecule has 0 bridgehead atoms. The van der Waals surface area contributed by atoms with Gasteiger partial charge >= 0.3 is 5.97 Å². The first-order chi connectivity index (χ1) is 9.47. The summed E-state index contributed by atoms with van der Waals surface area (Å²) in [5.74, 6) is -0.621. The van der Waals surface area contributed by atoms with Crippen molar-refractivity contribution in [2.75, 3.05) is 0 Å². The second kappa shape index (κ2) is 5.35. The number of aromatic carboxylic acids is 1. The molecule has 7 nitrogen and oxygen atoms in total. The van der Waals surface area contributed by atoms with E-state index in [1.807, 2.05) is 0 Å². The van der Waals surface area contributed by atoms with Gasteiger partial charge in [0, 0.05) is 18.3 Å². The molecule has 0 saturated carbocycles. The van der Waals surface area contributed by atoms with E-state index in [2.05, 4.69) is 4.98 Å². The predicted molar refractivity (Wildman–Crippen MR) is 69.1 cm³/mol. The van der Waals surface area contributed by atoms with Gasteiger partial charge in [0.2, 0.25) is 5.88 Å². The van der Waals surface area contributed by atoms with Gasteiger partial charge in [-0.25, -0.2) is 9.78 Å². The highest BCUT2D eigenvalue weighted by Gasteiger charge is 2.11. The van der Waals surface area contributed by atoms with Crippen LogP contribution in [0.3, 0.4) is 0 Å². The number of aryl methyl sites for hydroxylation is 1. The lowest BCUT2D eigenvalue weighted by molar-refractivity contribution is -0.384. The lowest BCUT2D eigenvalue weighted by Gasteiger charge is -2.07. The van der Waals surface area contributed by atoms with Gasteiger partial charge < -0.3 is 9.84 Å². The van der Waals surface area contributed by atoms with Crippen molar-refractivity contribution < 1.29 is 19.6 Å². The summed E-state index contributed by atoms with van der Waals surface area (Å²) in [6.45, 7) is 1.74. The number of hydrogen-bond acceptors (Lipinski definition) is 5. The van der Waals surface area contributed by atoms with Crippen molar-refractivity contribution >= 4 is 11.7 Å². The third kappa shape index (κ3) is 2.89. The van der Waals surface area contributed by atoms with Crippen molar-refractivity contribution in [3.63, 3.8) is 0 Å². The number of hydrogen-bond donors (Lipinski definition) is 1. The molecular weight excluding hydrogens is 264 g/mol. The average molecular weight is 274 g/mol. The fourth-order valence-electron chi connectivity index (χ4n) is 1.49. The summed E-state index contributed by atoms with van der Waals surface area (Å²) in [5, 5.41) is 19.5. The molecule has 1 aromatic heterocycles. The number of nitrogens with zero attached hydrogens (tertiary/aromatic N) is 2. The largest absolute Gasteiger partial charge is 0.478 e. The molecule has 20 heavy (non-hydrogen) atoms. The van der Waals surface area contributed by atoms with Crippen molar-refractivity contribution in [3.05, 3.63) is 57.8 Å². The van der Waals surface area contributed by atoms with E-state index >= 15 is 0 Å². The van der Waals surface area contributed by atoms with Crippen molar-refractivity contribution in [1.29, 1.82) is 0 Å². The van der Waals surface area contributed by atoms with Crippen molar-refractivity contribution in [2.45, 2.75) is 6.92 Å². The quantitative estimate of drug-likeness (QED) is 0.679. The van der Waals surface area contributed by atoms with E-state index in [1.165, 1.54) is 24.3 Å². The molecule has 1 heterocycles. The number of carboxylic acid groups (broad SMARTS) is 1. The number of ether oxygens (including phenoxy) is 1. The number of carbonyl (C=O) groups is 1. The third-order valence-corrected chi connectivity index (χ3v) is 2.58. The van der Waals surface area contributed by atoms with E-state index in [9.17, 15) is 14.9 Å². The monoisotopic (exact) mass is 274 g/mol. The molecule has 102 valence electrons. The molecule has 1 aromatic carbocycles. The van der Waals surface area contributed by atoms with Gasteiger partial charge in [0.05, 0.1) is 16.6 Å². The second-order valence-electron chi connectivity index (χ2n) is 4.00. The Bertz CT molecular complexity index is 667. The van der Waals surface area contributed by atoms with Gasteiger partial charge in [0.25, 0.3) is 5.69 Å². The Hall–Kier alpha value is -2.96. The van der Waals surface area contributed by atoms with Crippen LogP contribution in [0.15, 0.2) is 36.5 Å². The van der Waals surface area contributed by atoms with E-state index < -0.39 is 10.9 Å². The van der Waals surface area contributed by atoms with E-state index in [-0.39, 0.29) is 17.1 Å². The lowest BCUT2D eigenvalue weighted by Crippen LogP contribution is -1.98. The first kappa shape index (κ1) is 13.5. The topological polar surface area (TPSA) is 103 Å². The Morgan fingerprint density at radius 1 is 1.35 bits per heavy atom. The zero-order chi connectivity index (χ0) is 14.7. The maximum atomic E-state index is 10.7. The summed E-state index contributed by atoms with van der Waals surface area (Å²) in [4.78, 5) is 24.7. The fourth-order valence-corrected chi connectivity index (χ4v) is 1.49. The first-order valence-corrected chi connectivity index (χ1v) is 5.59. The minimum Gasteiger partial charge on any atom is -0.478 e. The van der Waals surface area contributed by atoms with Gasteiger partial charge in [-0.1, -0.05) is 0 Å². The highest BCUT2D eigenvalue weighted by atomic mass is 16.6. The average Bonchev–Trinajstić information content (AvgIpc) is 2.41. The van der Waals surface area contributed by atoms with E-state index in [0.717, 1.165) is 6.20 Å². The molecule has 0 radical (unpaired) electrons. The first-order valence-electron chi connectivity index (χ1n) is 5.59. The molecule has 0 aliphatic rings. The Balaban J connectivity index is 2.27. The van der Waals surface area contributed by atoms with Crippen LogP contribution < -0.4 is 4.74 Å². The fraction of sp³-hybridized carbons (Fsp3) is 0.0769. The zero-order valence-electron chi connectivity index (χ0n) is 10.4. The van der Waals surface area contributed by atoms with E-state index in [4.69, 9.17) is 9.84 Å². The maximum absolute atomic E-state index is 10.7. The van der Waals surface area contributed by atoms with Crippen LogP contribution in [0.25, 0.3) is 0 Å². The molecule has 2 aromatic rings. The third-order valence-electron chi connectivity index (χ3n) is 2.58. The van der Waals surface area contributed by atoms with Crippen LogP contribution >= 0.6 is 0 Å². The highest BCUT2D eigenvalue weighted by molar-refractivity contribution is 5.87. The molecule has 1 N–H and O–H groups in total. The number of aromatic nitrogens is 1. The number of pyridine rings is 1. The summed E-state index contributed by atoms with van der Waals surface area (Å²) in [6, 6.07) is 6.98. The highest BCUT2D eigenvalue weighted by Crippen LogP contribution is 2.27. The summed E-state index contributed by atoms with van der Waals surface area (Å²) >= 11 is 0. The van der Waals surface area contributed by atoms with Gasteiger partial charge in [-0.05, 0) is 24.6 Å². The predicted octanol–water partition coefficient (Wildman–Crippen LogP) is 2.79. The molecule has 2 rings (SSSR count). The van der Waals surface area contributed by atoms with Gasteiger partial charge in [0.1, 0.15) is 5.75 Å².